The summed E-state index contributed by atoms with van der Waals surface area (Å²) in [6.07, 6.45) is 2.62. The van der Waals surface area contributed by atoms with Gasteiger partial charge in [0.1, 0.15) is 6.26 Å². The van der Waals surface area contributed by atoms with E-state index >= 15 is 0 Å². The monoisotopic (exact) mass is 208 g/mol. The zero-order valence-corrected chi connectivity index (χ0v) is 7.98. The Balaban J connectivity index is 2.57. The van der Waals surface area contributed by atoms with Gasteiger partial charge in [-0.05, 0) is 13.0 Å². The highest BCUT2D eigenvalue weighted by Crippen LogP contribution is 2.24. The highest BCUT2D eigenvalue weighted by Gasteiger charge is 2.24. The predicted octanol–water partition coefficient (Wildman–Crippen LogP) is 1.51. The average Bonchev–Trinajstić information content (AvgIpc) is 2.54. The lowest BCUT2D eigenvalue weighted by atomic mass is 10.1. The van der Waals surface area contributed by atoms with Crippen LogP contribution >= 0.6 is 0 Å². The van der Waals surface area contributed by atoms with Crippen molar-refractivity contribution >= 4 is 5.97 Å². The molecule has 0 aromatic carbocycles. The van der Waals surface area contributed by atoms with Crippen molar-refractivity contribution in [3.05, 3.63) is 34.6 Å². The molecule has 5 nitrogen and oxygen atoms in total. The van der Waals surface area contributed by atoms with Crippen LogP contribution in [0.15, 0.2) is 32.2 Å². The molecule has 0 aromatic rings. The van der Waals surface area contributed by atoms with Crippen LogP contribution in [-0.2, 0) is 4.74 Å². The van der Waals surface area contributed by atoms with E-state index in [4.69, 9.17) is 13.6 Å². The minimum absolute atomic E-state index is 0.0809. The number of hydrogen-bond acceptors (Lipinski definition) is 5. The van der Waals surface area contributed by atoms with Gasteiger partial charge in [-0.1, -0.05) is 0 Å². The topological polar surface area (TPSA) is 69.7 Å². The SMILES string of the molecule is CCOC(=O)c1c2ccocc-2oc1=O. The molecule has 0 saturated heterocycles. The van der Waals surface area contributed by atoms with E-state index in [0.717, 1.165) is 0 Å². The van der Waals surface area contributed by atoms with E-state index in [1.54, 1.807) is 6.92 Å². The highest BCUT2D eigenvalue weighted by molar-refractivity contribution is 5.96. The summed E-state index contributed by atoms with van der Waals surface area (Å²) in [5.74, 6) is -0.432. The molecule has 0 aromatic heterocycles. The molecule has 0 unspecified atom stereocenters. The number of fused-ring (bicyclic) bond motifs is 1. The first-order valence-electron chi connectivity index (χ1n) is 4.40. The molecule has 5 heteroatoms. The van der Waals surface area contributed by atoms with E-state index in [9.17, 15) is 9.59 Å². The largest absolute Gasteiger partial charge is 0.469 e. The van der Waals surface area contributed by atoms with Gasteiger partial charge in [0.25, 0.3) is 0 Å². The maximum atomic E-state index is 11.4. The van der Waals surface area contributed by atoms with Crippen molar-refractivity contribution in [2.45, 2.75) is 6.92 Å². The van der Waals surface area contributed by atoms with Gasteiger partial charge in [-0.2, -0.15) is 0 Å². The molecule has 78 valence electrons. The summed E-state index contributed by atoms with van der Waals surface area (Å²) in [4.78, 5) is 22.8. The Morgan fingerprint density at radius 1 is 1.53 bits per heavy atom. The number of esters is 1. The van der Waals surface area contributed by atoms with Gasteiger partial charge in [0, 0.05) is 5.56 Å². The second-order valence-corrected chi connectivity index (χ2v) is 2.82. The van der Waals surface area contributed by atoms with E-state index in [0.29, 0.717) is 5.56 Å². The van der Waals surface area contributed by atoms with Crippen LogP contribution in [-0.4, -0.2) is 12.6 Å². The molecule has 0 fully saturated rings. The van der Waals surface area contributed by atoms with Crippen LogP contribution in [0.3, 0.4) is 0 Å². The van der Waals surface area contributed by atoms with Crippen LogP contribution in [0.1, 0.15) is 17.3 Å². The standard InChI is InChI=1S/C10H8O5/c1-2-14-9(11)8-6-3-4-13-5-7(6)15-10(8)12/h3-5H,2H2,1H3. The van der Waals surface area contributed by atoms with Crippen LogP contribution in [0.4, 0.5) is 0 Å². The minimum Gasteiger partial charge on any atom is -0.469 e. The molecule has 0 aliphatic carbocycles. The summed E-state index contributed by atoms with van der Waals surface area (Å²) in [6.45, 7) is 1.88. The number of furan rings is 1. The van der Waals surface area contributed by atoms with E-state index < -0.39 is 11.6 Å². The van der Waals surface area contributed by atoms with E-state index in [2.05, 4.69) is 0 Å². The number of carbonyl (C=O) groups excluding carboxylic acids is 1. The smallest absolute Gasteiger partial charge is 0.351 e. The molecular formula is C10H8O5. The van der Waals surface area contributed by atoms with Crippen molar-refractivity contribution in [2.24, 2.45) is 0 Å². The molecule has 2 heterocycles. The lowest BCUT2D eigenvalue weighted by Crippen LogP contribution is -2.13. The molecule has 0 bridgehead atoms. The molecule has 2 rings (SSSR count). The van der Waals surface area contributed by atoms with Crippen LogP contribution < -0.4 is 5.63 Å². The average molecular weight is 208 g/mol. The lowest BCUT2D eigenvalue weighted by Gasteiger charge is -1.99. The quantitative estimate of drug-likeness (QED) is 0.699. The number of ether oxygens (including phenoxy) is 1. The number of rotatable bonds is 2. The molecule has 2 aliphatic heterocycles. The Morgan fingerprint density at radius 2 is 2.33 bits per heavy atom. The molecule has 0 radical (unpaired) electrons. The van der Waals surface area contributed by atoms with Gasteiger partial charge in [-0.15, -0.1) is 0 Å². The first-order chi connectivity index (χ1) is 7.24. The molecule has 15 heavy (non-hydrogen) atoms. The van der Waals surface area contributed by atoms with Crippen LogP contribution in [0.5, 0.6) is 0 Å². The summed E-state index contributed by atoms with van der Waals surface area (Å²) in [7, 11) is 0. The summed E-state index contributed by atoms with van der Waals surface area (Å²) < 4.78 is 14.4. The van der Waals surface area contributed by atoms with E-state index in [1.165, 1.54) is 18.6 Å². The molecular weight excluding hydrogens is 200 g/mol. The highest BCUT2D eigenvalue weighted by atomic mass is 16.5. The van der Waals surface area contributed by atoms with Gasteiger partial charge in [0.05, 0.1) is 12.9 Å². The Morgan fingerprint density at radius 3 is 3.07 bits per heavy atom. The van der Waals surface area contributed by atoms with Crippen molar-refractivity contribution in [1.29, 1.82) is 0 Å². The molecule has 0 spiro atoms. The third-order valence-corrected chi connectivity index (χ3v) is 1.91. The van der Waals surface area contributed by atoms with E-state index in [-0.39, 0.29) is 17.9 Å². The molecule has 0 N–H and O–H groups in total. The normalized spacial score (nSPS) is 10.5. The third-order valence-electron chi connectivity index (χ3n) is 1.91. The summed E-state index contributed by atoms with van der Waals surface area (Å²) >= 11 is 0. The molecule has 2 aliphatic rings. The van der Waals surface area contributed by atoms with Crippen molar-refractivity contribution in [3.8, 4) is 11.3 Å². The second-order valence-electron chi connectivity index (χ2n) is 2.82. The summed E-state index contributed by atoms with van der Waals surface area (Å²) in [5.41, 5.74) is -0.378. The fourth-order valence-electron chi connectivity index (χ4n) is 1.30. The minimum atomic E-state index is -0.704. The van der Waals surface area contributed by atoms with Gasteiger partial charge in [0.2, 0.25) is 0 Å². The fraction of sp³-hybridized carbons (Fsp3) is 0.200. The van der Waals surface area contributed by atoms with Crippen LogP contribution in [0, 0.1) is 0 Å². The fourth-order valence-corrected chi connectivity index (χ4v) is 1.30. The van der Waals surface area contributed by atoms with Crippen molar-refractivity contribution in [1.82, 2.24) is 0 Å². The van der Waals surface area contributed by atoms with Gasteiger partial charge < -0.3 is 13.6 Å². The predicted molar refractivity (Wildman–Crippen MR) is 49.8 cm³/mol. The maximum Gasteiger partial charge on any atom is 0.351 e. The van der Waals surface area contributed by atoms with Crippen molar-refractivity contribution in [3.63, 3.8) is 0 Å². The Labute approximate surface area is 84.6 Å². The zero-order valence-electron chi connectivity index (χ0n) is 7.98. The van der Waals surface area contributed by atoms with E-state index in [1.807, 2.05) is 0 Å². The molecule has 0 atom stereocenters. The van der Waals surface area contributed by atoms with Gasteiger partial charge >= 0.3 is 11.6 Å². The molecule has 0 saturated carbocycles. The number of carbonyl (C=O) groups is 1. The van der Waals surface area contributed by atoms with Gasteiger partial charge in [-0.25, -0.2) is 9.59 Å². The maximum absolute atomic E-state index is 11.4. The first-order valence-corrected chi connectivity index (χ1v) is 4.40. The van der Waals surface area contributed by atoms with Gasteiger partial charge in [-0.3, -0.25) is 0 Å². The number of hydrogen-bond donors (Lipinski definition) is 0. The first kappa shape index (κ1) is 9.51. The Bertz CT molecular complexity index is 507. The third kappa shape index (κ3) is 1.52. The molecule has 0 amide bonds. The Hall–Kier alpha value is -2.04. The van der Waals surface area contributed by atoms with Crippen LogP contribution in [0.25, 0.3) is 11.3 Å². The van der Waals surface area contributed by atoms with Gasteiger partial charge in [0.15, 0.2) is 11.3 Å². The lowest BCUT2D eigenvalue weighted by molar-refractivity contribution is 0.0524. The zero-order chi connectivity index (χ0) is 10.8. The van der Waals surface area contributed by atoms with Crippen molar-refractivity contribution < 1.29 is 18.4 Å². The second kappa shape index (κ2) is 3.61. The summed E-state index contributed by atoms with van der Waals surface area (Å²) in [5, 5.41) is 0. The van der Waals surface area contributed by atoms with Crippen molar-refractivity contribution in [2.75, 3.05) is 6.61 Å². The Kier molecular flexibility index (Phi) is 2.29. The van der Waals surface area contributed by atoms with Crippen LogP contribution in [0.2, 0.25) is 0 Å². The summed E-state index contributed by atoms with van der Waals surface area (Å²) in [6, 6.07) is 1.49.